The fraction of sp³-hybridized carbons (Fsp3) is 0.412. The van der Waals surface area contributed by atoms with Crippen LogP contribution in [0.5, 0.6) is 5.75 Å². The molecule has 0 saturated carbocycles. The second kappa shape index (κ2) is 8.02. The molecule has 1 aromatic heterocycles. The zero-order chi connectivity index (χ0) is 16.8. The molecule has 0 saturated heterocycles. The van der Waals surface area contributed by atoms with Gasteiger partial charge in [0.15, 0.2) is 0 Å². The van der Waals surface area contributed by atoms with Gasteiger partial charge in [0, 0.05) is 30.4 Å². The molecule has 1 heterocycles. The predicted molar refractivity (Wildman–Crippen MR) is 96.2 cm³/mol. The summed E-state index contributed by atoms with van der Waals surface area (Å²) in [5.74, 6) is 2.14. The monoisotopic (exact) mass is 334 g/mol. The molecule has 0 amide bonds. The molecule has 23 heavy (non-hydrogen) atoms. The van der Waals surface area contributed by atoms with Gasteiger partial charge in [0.1, 0.15) is 11.6 Å². The topological polar surface area (TPSA) is 50.3 Å². The maximum atomic E-state index is 6.07. The Morgan fingerprint density at radius 1 is 1.26 bits per heavy atom. The first kappa shape index (κ1) is 17.3. The number of aryl methyl sites for hydroxylation is 1. The van der Waals surface area contributed by atoms with Crippen LogP contribution in [0.1, 0.15) is 25.5 Å². The average Bonchev–Trinajstić information content (AvgIpc) is 2.52. The zero-order valence-corrected chi connectivity index (χ0v) is 14.8. The average molecular weight is 335 g/mol. The van der Waals surface area contributed by atoms with Gasteiger partial charge in [-0.25, -0.2) is 4.98 Å². The van der Waals surface area contributed by atoms with E-state index in [2.05, 4.69) is 27.1 Å². The van der Waals surface area contributed by atoms with E-state index in [4.69, 9.17) is 16.3 Å². The summed E-state index contributed by atoms with van der Waals surface area (Å²) in [4.78, 5) is 11.2. The van der Waals surface area contributed by atoms with Crippen molar-refractivity contribution in [3.05, 3.63) is 35.0 Å². The van der Waals surface area contributed by atoms with Crippen LogP contribution >= 0.6 is 11.6 Å². The number of unbranched alkanes of at least 4 members (excludes halogenated alkanes) is 1. The lowest BCUT2D eigenvalue weighted by molar-refractivity contribution is 0.417. The van der Waals surface area contributed by atoms with Crippen molar-refractivity contribution in [2.24, 2.45) is 0 Å². The molecule has 0 bridgehead atoms. The molecule has 0 aliphatic carbocycles. The number of hydrogen-bond acceptors (Lipinski definition) is 5. The van der Waals surface area contributed by atoms with Crippen LogP contribution in [-0.2, 0) is 0 Å². The predicted octanol–water partition coefficient (Wildman–Crippen LogP) is 4.43. The number of nitrogens with zero attached hydrogens (tertiary/aromatic N) is 3. The fourth-order valence-electron chi connectivity index (χ4n) is 2.20. The zero-order valence-electron chi connectivity index (χ0n) is 14.1. The highest BCUT2D eigenvalue weighted by Gasteiger charge is 2.10. The van der Waals surface area contributed by atoms with Crippen LogP contribution in [0.25, 0.3) is 0 Å². The van der Waals surface area contributed by atoms with Crippen LogP contribution in [0.2, 0.25) is 5.02 Å². The minimum absolute atomic E-state index is 0.638. The van der Waals surface area contributed by atoms with Gasteiger partial charge in [0.2, 0.25) is 5.95 Å². The van der Waals surface area contributed by atoms with Crippen molar-refractivity contribution < 1.29 is 4.74 Å². The van der Waals surface area contributed by atoms with E-state index in [1.165, 1.54) is 0 Å². The largest absolute Gasteiger partial charge is 0.495 e. The maximum Gasteiger partial charge on any atom is 0.227 e. The van der Waals surface area contributed by atoms with E-state index in [9.17, 15) is 0 Å². The van der Waals surface area contributed by atoms with Gasteiger partial charge < -0.3 is 15.0 Å². The van der Waals surface area contributed by atoms with Gasteiger partial charge in [-0.05, 0) is 31.5 Å². The molecule has 124 valence electrons. The summed E-state index contributed by atoms with van der Waals surface area (Å²) < 4.78 is 5.36. The summed E-state index contributed by atoms with van der Waals surface area (Å²) in [7, 11) is 3.64. The Kier molecular flexibility index (Phi) is 6.04. The first-order valence-corrected chi connectivity index (χ1v) is 8.08. The number of ether oxygens (including phenoxy) is 1. The van der Waals surface area contributed by atoms with Crippen molar-refractivity contribution in [2.45, 2.75) is 26.7 Å². The van der Waals surface area contributed by atoms with Crippen LogP contribution < -0.4 is 15.0 Å². The quantitative estimate of drug-likeness (QED) is 0.811. The number of halogens is 1. The second-order valence-corrected chi connectivity index (χ2v) is 5.88. The second-order valence-electron chi connectivity index (χ2n) is 5.44. The normalized spacial score (nSPS) is 10.5. The molecule has 0 unspecified atom stereocenters. The summed E-state index contributed by atoms with van der Waals surface area (Å²) in [5.41, 5.74) is 1.68. The number of nitrogens with one attached hydrogen (secondary N) is 1. The standard InChI is InChI=1S/C17H23ClN4O/c1-5-6-9-22(3)17-19-12(2)10-16(21-17)20-14-11-13(18)7-8-15(14)23-4/h7-8,10-11H,5-6,9H2,1-4H3,(H,19,20,21). The van der Waals surface area contributed by atoms with E-state index in [0.29, 0.717) is 16.7 Å². The third-order valence-electron chi connectivity index (χ3n) is 3.46. The lowest BCUT2D eigenvalue weighted by Gasteiger charge is -2.18. The van der Waals surface area contributed by atoms with E-state index in [1.54, 1.807) is 13.2 Å². The van der Waals surface area contributed by atoms with Crippen molar-refractivity contribution in [3.63, 3.8) is 0 Å². The Balaban J connectivity index is 2.26. The number of rotatable bonds is 7. The molecular weight excluding hydrogens is 312 g/mol. The number of benzene rings is 1. The van der Waals surface area contributed by atoms with Crippen LogP contribution in [-0.4, -0.2) is 30.7 Å². The SMILES string of the molecule is CCCCN(C)c1nc(C)cc(Nc2cc(Cl)ccc2OC)n1. The molecule has 1 N–H and O–H groups in total. The van der Waals surface area contributed by atoms with Gasteiger partial charge in [-0.15, -0.1) is 0 Å². The van der Waals surface area contributed by atoms with Gasteiger partial charge in [-0.3, -0.25) is 0 Å². The van der Waals surface area contributed by atoms with Crippen LogP contribution in [0.15, 0.2) is 24.3 Å². The molecule has 0 fully saturated rings. The van der Waals surface area contributed by atoms with Gasteiger partial charge in [-0.2, -0.15) is 4.98 Å². The van der Waals surface area contributed by atoms with E-state index in [-0.39, 0.29) is 0 Å². The van der Waals surface area contributed by atoms with E-state index < -0.39 is 0 Å². The van der Waals surface area contributed by atoms with Crippen molar-refractivity contribution in [1.82, 2.24) is 9.97 Å². The van der Waals surface area contributed by atoms with E-state index in [1.807, 2.05) is 32.2 Å². The van der Waals surface area contributed by atoms with Gasteiger partial charge >= 0.3 is 0 Å². The third-order valence-corrected chi connectivity index (χ3v) is 3.69. The van der Waals surface area contributed by atoms with Gasteiger partial charge in [0.05, 0.1) is 12.8 Å². The summed E-state index contributed by atoms with van der Waals surface area (Å²) in [5, 5.41) is 3.91. The van der Waals surface area contributed by atoms with E-state index >= 15 is 0 Å². The first-order valence-electron chi connectivity index (χ1n) is 7.71. The molecule has 0 aliphatic heterocycles. The van der Waals surface area contributed by atoms with E-state index in [0.717, 1.165) is 36.6 Å². The maximum absolute atomic E-state index is 6.07. The molecule has 2 aromatic rings. The van der Waals surface area contributed by atoms with Crippen molar-refractivity contribution >= 4 is 29.1 Å². The Bertz CT molecular complexity index is 663. The van der Waals surface area contributed by atoms with Crippen LogP contribution in [0.4, 0.5) is 17.5 Å². The molecule has 2 rings (SSSR count). The number of methoxy groups -OCH3 is 1. The highest BCUT2D eigenvalue weighted by molar-refractivity contribution is 6.31. The number of hydrogen-bond donors (Lipinski definition) is 1. The molecule has 0 atom stereocenters. The number of aromatic nitrogens is 2. The molecule has 5 nitrogen and oxygen atoms in total. The Morgan fingerprint density at radius 3 is 2.74 bits per heavy atom. The molecular formula is C17H23ClN4O. The molecule has 1 aromatic carbocycles. The van der Waals surface area contributed by atoms with Gasteiger partial charge in [0.25, 0.3) is 0 Å². The highest BCUT2D eigenvalue weighted by Crippen LogP contribution is 2.30. The Morgan fingerprint density at radius 2 is 2.04 bits per heavy atom. The molecule has 6 heteroatoms. The molecule has 0 spiro atoms. The fourth-order valence-corrected chi connectivity index (χ4v) is 2.37. The lowest BCUT2D eigenvalue weighted by Crippen LogP contribution is -2.21. The highest BCUT2D eigenvalue weighted by atomic mass is 35.5. The third kappa shape index (κ3) is 4.73. The smallest absolute Gasteiger partial charge is 0.227 e. The molecule has 0 radical (unpaired) electrons. The minimum Gasteiger partial charge on any atom is -0.495 e. The summed E-state index contributed by atoms with van der Waals surface area (Å²) in [6.07, 6.45) is 2.25. The molecule has 0 aliphatic rings. The minimum atomic E-state index is 0.638. The van der Waals surface area contributed by atoms with Crippen molar-refractivity contribution in [2.75, 3.05) is 30.9 Å². The summed E-state index contributed by atoms with van der Waals surface area (Å²) in [6, 6.07) is 7.34. The number of anilines is 3. The summed E-state index contributed by atoms with van der Waals surface area (Å²) >= 11 is 6.07. The summed E-state index contributed by atoms with van der Waals surface area (Å²) in [6.45, 7) is 5.06. The van der Waals surface area contributed by atoms with Gasteiger partial charge in [-0.1, -0.05) is 24.9 Å². The lowest BCUT2D eigenvalue weighted by atomic mass is 10.3. The first-order chi connectivity index (χ1) is 11.0. The Hall–Kier alpha value is -2.01. The van der Waals surface area contributed by atoms with Crippen molar-refractivity contribution in [1.29, 1.82) is 0 Å². The van der Waals surface area contributed by atoms with Crippen molar-refractivity contribution in [3.8, 4) is 5.75 Å². The van der Waals surface area contributed by atoms with Crippen LogP contribution in [0.3, 0.4) is 0 Å². The van der Waals surface area contributed by atoms with Crippen LogP contribution in [0, 0.1) is 6.92 Å². The Labute approximate surface area is 142 Å².